The van der Waals surface area contributed by atoms with Crippen molar-refractivity contribution in [3.8, 4) is 0 Å². The maximum absolute atomic E-state index is 12.2. The molecule has 0 aromatic heterocycles. The number of hydrogen-bond acceptors (Lipinski definition) is 3. The van der Waals surface area contributed by atoms with Gasteiger partial charge >= 0.3 is 12.0 Å². The molecule has 0 atom stereocenters. The van der Waals surface area contributed by atoms with Crippen LogP contribution in [-0.2, 0) is 9.53 Å². The molecule has 1 fully saturated rings. The summed E-state index contributed by atoms with van der Waals surface area (Å²) in [6, 6.07) is 14.1. The minimum absolute atomic E-state index is 0.0815. The van der Waals surface area contributed by atoms with Gasteiger partial charge in [-0.25, -0.2) is 9.59 Å². The molecule has 0 bridgehead atoms. The molecule has 142 valence electrons. The lowest BCUT2D eigenvalue weighted by molar-refractivity contribution is -0.144. The predicted octanol–water partition coefficient (Wildman–Crippen LogP) is 4.03. The standard InChI is InChI=1S/C22H26N2O3/c1-2-23-22(26)24-18-11-13-19(14-12-18)27-21(25)15-10-17-8-5-7-16-6-3-4-9-20(16)17/h3-10,15,18-19H,2,11-14H2,1H3,(H2,23,24,26)/b15-10+. The number of esters is 1. The summed E-state index contributed by atoms with van der Waals surface area (Å²) in [6.45, 7) is 2.50. The first-order valence-electron chi connectivity index (χ1n) is 9.56. The van der Waals surface area contributed by atoms with Crippen molar-refractivity contribution in [1.29, 1.82) is 0 Å². The molecule has 1 aliphatic rings. The van der Waals surface area contributed by atoms with E-state index in [4.69, 9.17) is 4.74 Å². The molecule has 2 aromatic carbocycles. The molecule has 2 aromatic rings. The second-order valence-electron chi connectivity index (χ2n) is 6.82. The molecule has 2 N–H and O–H groups in total. The van der Waals surface area contributed by atoms with Gasteiger partial charge in [0.2, 0.25) is 0 Å². The molecule has 2 amide bonds. The summed E-state index contributed by atoms with van der Waals surface area (Å²) >= 11 is 0. The van der Waals surface area contributed by atoms with Gasteiger partial charge in [-0.1, -0.05) is 42.5 Å². The molecular formula is C22H26N2O3. The summed E-state index contributed by atoms with van der Waals surface area (Å²) in [4.78, 5) is 23.7. The summed E-state index contributed by atoms with van der Waals surface area (Å²) in [7, 11) is 0. The van der Waals surface area contributed by atoms with Crippen LogP contribution < -0.4 is 10.6 Å². The number of amides is 2. The summed E-state index contributed by atoms with van der Waals surface area (Å²) in [5.41, 5.74) is 1.000. The Morgan fingerprint density at radius 3 is 2.59 bits per heavy atom. The average Bonchev–Trinajstić information content (AvgIpc) is 2.68. The highest BCUT2D eigenvalue weighted by Gasteiger charge is 2.24. The van der Waals surface area contributed by atoms with Gasteiger partial charge in [-0.2, -0.15) is 0 Å². The number of rotatable bonds is 5. The molecule has 5 nitrogen and oxygen atoms in total. The van der Waals surface area contributed by atoms with E-state index in [2.05, 4.69) is 22.8 Å². The van der Waals surface area contributed by atoms with Gasteiger partial charge in [-0.05, 0) is 55.0 Å². The van der Waals surface area contributed by atoms with E-state index in [-0.39, 0.29) is 24.1 Å². The highest BCUT2D eigenvalue weighted by atomic mass is 16.5. The second-order valence-corrected chi connectivity index (χ2v) is 6.82. The second kappa shape index (κ2) is 9.21. The van der Waals surface area contributed by atoms with E-state index in [0.29, 0.717) is 6.54 Å². The first-order valence-corrected chi connectivity index (χ1v) is 9.56. The lowest BCUT2D eigenvalue weighted by Gasteiger charge is -2.28. The van der Waals surface area contributed by atoms with Crippen molar-refractivity contribution in [3.63, 3.8) is 0 Å². The Kier molecular flexibility index (Phi) is 6.47. The average molecular weight is 366 g/mol. The van der Waals surface area contributed by atoms with Crippen LogP contribution in [0.2, 0.25) is 0 Å². The Morgan fingerprint density at radius 2 is 1.81 bits per heavy atom. The Hall–Kier alpha value is -2.82. The van der Waals surface area contributed by atoms with E-state index < -0.39 is 0 Å². The molecular weight excluding hydrogens is 340 g/mol. The largest absolute Gasteiger partial charge is 0.459 e. The van der Waals surface area contributed by atoms with E-state index in [9.17, 15) is 9.59 Å². The Labute approximate surface area is 159 Å². The van der Waals surface area contributed by atoms with Gasteiger partial charge in [0.25, 0.3) is 0 Å². The number of ether oxygens (including phenoxy) is 1. The molecule has 0 heterocycles. The van der Waals surface area contributed by atoms with Gasteiger partial charge in [0.15, 0.2) is 0 Å². The molecule has 0 spiro atoms. The van der Waals surface area contributed by atoms with Crippen molar-refractivity contribution >= 4 is 28.8 Å². The van der Waals surface area contributed by atoms with E-state index in [1.165, 1.54) is 6.08 Å². The van der Waals surface area contributed by atoms with E-state index in [1.807, 2.05) is 43.3 Å². The molecule has 3 rings (SSSR count). The van der Waals surface area contributed by atoms with Crippen LogP contribution in [0.25, 0.3) is 16.8 Å². The third-order valence-corrected chi connectivity index (χ3v) is 4.85. The fourth-order valence-corrected chi connectivity index (χ4v) is 3.48. The first-order chi connectivity index (χ1) is 13.2. The Morgan fingerprint density at radius 1 is 1.07 bits per heavy atom. The molecule has 1 saturated carbocycles. The van der Waals surface area contributed by atoms with Gasteiger partial charge in [0.1, 0.15) is 6.10 Å². The minimum atomic E-state index is -0.317. The first kappa shape index (κ1) is 19.0. The fraction of sp³-hybridized carbons (Fsp3) is 0.364. The van der Waals surface area contributed by atoms with Gasteiger partial charge in [0, 0.05) is 18.7 Å². The normalized spacial score (nSPS) is 19.7. The number of carbonyl (C=O) groups is 2. The van der Waals surface area contributed by atoms with Crippen LogP contribution in [0.1, 0.15) is 38.2 Å². The number of carbonyl (C=O) groups excluding carboxylic acids is 2. The van der Waals surface area contributed by atoms with Gasteiger partial charge < -0.3 is 15.4 Å². The van der Waals surface area contributed by atoms with E-state index in [0.717, 1.165) is 42.0 Å². The highest BCUT2D eigenvalue weighted by molar-refractivity contribution is 5.94. The molecule has 0 aliphatic heterocycles. The fourth-order valence-electron chi connectivity index (χ4n) is 3.48. The highest BCUT2D eigenvalue weighted by Crippen LogP contribution is 2.22. The van der Waals surface area contributed by atoms with E-state index in [1.54, 1.807) is 0 Å². The molecule has 5 heteroatoms. The molecule has 0 saturated heterocycles. The Balaban J connectivity index is 1.50. The third-order valence-electron chi connectivity index (χ3n) is 4.85. The molecule has 0 radical (unpaired) electrons. The van der Waals surface area contributed by atoms with Crippen molar-refractivity contribution in [1.82, 2.24) is 10.6 Å². The number of urea groups is 1. The zero-order valence-electron chi connectivity index (χ0n) is 15.6. The zero-order valence-corrected chi connectivity index (χ0v) is 15.6. The maximum Gasteiger partial charge on any atom is 0.331 e. The number of fused-ring (bicyclic) bond motifs is 1. The lowest BCUT2D eigenvalue weighted by Crippen LogP contribution is -2.44. The van der Waals surface area contributed by atoms with Crippen LogP contribution in [0, 0.1) is 0 Å². The van der Waals surface area contributed by atoms with Crippen molar-refractivity contribution < 1.29 is 14.3 Å². The number of benzene rings is 2. The monoisotopic (exact) mass is 366 g/mol. The van der Waals surface area contributed by atoms with Gasteiger partial charge in [-0.3, -0.25) is 0 Å². The Bertz CT molecular complexity index is 818. The van der Waals surface area contributed by atoms with Gasteiger partial charge in [-0.15, -0.1) is 0 Å². The third kappa shape index (κ3) is 5.33. The molecule has 1 aliphatic carbocycles. The minimum Gasteiger partial charge on any atom is -0.459 e. The van der Waals surface area contributed by atoms with Crippen LogP contribution in [0.4, 0.5) is 4.79 Å². The van der Waals surface area contributed by atoms with E-state index >= 15 is 0 Å². The lowest BCUT2D eigenvalue weighted by atomic mass is 9.93. The summed E-state index contributed by atoms with van der Waals surface area (Å²) in [5, 5.41) is 7.95. The molecule has 0 unspecified atom stereocenters. The van der Waals surface area contributed by atoms with Crippen LogP contribution in [0.15, 0.2) is 48.5 Å². The van der Waals surface area contributed by atoms with Gasteiger partial charge in [0.05, 0.1) is 0 Å². The maximum atomic E-state index is 12.2. The van der Waals surface area contributed by atoms with Crippen molar-refractivity contribution in [2.24, 2.45) is 0 Å². The number of hydrogen-bond donors (Lipinski definition) is 2. The summed E-state index contributed by atoms with van der Waals surface area (Å²) < 4.78 is 5.57. The van der Waals surface area contributed by atoms with Crippen LogP contribution in [-0.4, -0.2) is 30.7 Å². The zero-order chi connectivity index (χ0) is 19.1. The predicted molar refractivity (Wildman–Crippen MR) is 107 cm³/mol. The molecule has 27 heavy (non-hydrogen) atoms. The van der Waals surface area contributed by atoms with Crippen molar-refractivity contribution in [2.45, 2.75) is 44.8 Å². The SMILES string of the molecule is CCNC(=O)NC1CCC(OC(=O)/C=C/c2cccc3ccccc23)CC1. The smallest absolute Gasteiger partial charge is 0.331 e. The van der Waals surface area contributed by atoms with Crippen LogP contribution in [0.3, 0.4) is 0 Å². The topological polar surface area (TPSA) is 67.4 Å². The summed E-state index contributed by atoms with van der Waals surface area (Å²) in [5.74, 6) is -0.317. The summed E-state index contributed by atoms with van der Waals surface area (Å²) in [6.07, 6.45) is 6.41. The number of nitrogens with one attached hydrogen (secondary N) is 2. The van der Waals surface area contributed by atoms with Crippen LogP contribution >= 0.6 is 0 Å². The van der Waals surface area contributed by atoms with Crippen LogP contribution in [0.5, 0.6) is 0 Å². The van der Waals surface area contributed by atoms with Crippen molar-refractivity contribution in [3.05, 3.63) is 54.1 Å². The quantitative estimate of drug-likeness (QED) is 0.620. The van der Waals surface area contributed by atoms with Crippen molar-refractivity contribution in [2.75, 3.05) is 6.54 Å².